The molecule has 4 aliphatic rings. The molecule has 36 heavy (non-hydrogen) atoms. The van der Waals surface area contributed by atoms with E-state index in [0.717, 1.165) is 25.7 Å². The lowest BCUT2D eigenvalue weighted by Gasteiger charge is -2.38. The van der Waals surface area contributed by atoms with E-state index < -0.39 is 29.1 Å². The van der Waals surface area contributed by atoms with Gasteiger partial charge in [-0.05, 0) is 38.5 Å². The van der Waals surface area contributed by atoms with Crippen molar-refractivity contribution in [2.45, 2.75) is 83.0 Å². The van der Waals surface area contributed by atoms with Gasteiger partial charge in [-0.25, -0.2) is 0 Å². The predicted molar refractivity (Wildman–Crippen MR) is 137 cm³/mol. The Hall–Kier alpha value is -2.19. The number of carbonyl (C=O) groups excluding carboxylic acids is 3. The van der Waals surface area contributed by atoms with Crippen molar-refractivity contribution in [2.75, 3.05) is 39.3 Å². The normalized spacial score (nSPS) is 33.6. The van der Waals surface area contributed by atoms with Gasteiger partial charge in [0.1, 0.15) is 11.6 Å². The van der Waals surface area contributed by atoms with Crippen molar-refractivity contribution >= 4 is 17.7 Å². The van der Waals surface area contributed by atoms with Crippen LogP contribution in [0.25, 0.3) is 0 Å². The van der Waals surface area contributed by atoms with Gasteiger partial charge in [0.05, 0.1) is 17.4 Å². The van der Waals surface area contributed by atoms with Crippen LogP contribution in [0.3, 0.4) is 0 Å². The first-order valence-corrected chi connectivity index (χ1v) is 13.9. The maximum absolute atomic E-state index is 14.2. The van der Waals surface area contributed by atoms with Gasteiger partial charge in [-0.15, -0.1) is 0 Å². The Morgan fingerprint density at radius 3 is 2.22 bits per heavy atom. The zero-order valence-electron chi connectivity index (χ0n) is 22.2. The van der Waals surface area contributed by atoms with Gasteiger partial charge in [0.25, 0.3) is 0 Å². The second kappa shape index (κ2) is 11.1. The number of likely N-dealkylation sites (tertiary alicyclic amines) is 1. The average Bonchev–Trinajstić information content (AvgIpc) is 3.16. The summed E-state index contributed by atoms with van der Waals surface area (Å²) in [6.07, 6.45) is 13.3. The molecule has 0 aromatic rings. The van der Waals surface area contributed by atoms with Crippen molar-refractivity contribution in [1.29, 1.82) is 0 Å². The molecule has 2 saturated heterocycles. The largest absolute Gasteiger partial charge is 0.396 e. The first kappa shape index (κ1) is 26.9. The zero-order chi connectivity index (χ0) is 25.9. The van der Waals surface area contributed by atoms with Crippen molar-refractivity contribution in [2.24, 2.45) is 11.8 Å². The first-order chi connectivity index (χ1) is 17.4. The predicted octanol–water partition coefficient (Wildman–Crippen LogP) is 2.52. The molecule has 4 heterocycles. The molecule has 3 amide bonds. The molecule has 8 nitrogen and oxygen atoms in total. The van der Waals surface area contributed by atoms with Crippen LogP contribution in [0.1, 0.15) is 65.7 Å². The van der Waals surface area contributed by atoms with Crippen LogP contribution in [-0.4, -0.2) is 94.1 Å². The molecule has 0 aromatic carbocycles. The molecule has 0 bridgehead atoms. The summed E-state index contributed by atoms with van der Waals surface area (Å²) in [5, 5.41) is 9.21. The molecule has 4 aliphatic heterocycles. The van der Waals surface area contributed by atoms with Crippen LogP contribution >= 0.6 is 0 Å². The smallest absolute Gasteiger partial charge is 0.249 e. The minimum atomic E-state index is -1.16. The topological polar surface area (TPSA) is 90.4 Å². The summed E-state index contributed by atoms with van der Waals surface area (Å²) in [6.45, 7) is 8.92. The minimum absolute atomic E-state index is 0.0484. The van der Waals surface area contributed by atoms with Gasteiger partial charge in [0.2, 0.25) is 17.7 Å². The molecule has 0 aliphatic carbocycles. The molecule has 2 fully saturated rings. The molecule has 4 rings (SSSR count). The number of aliphatic hydroxyl groups excluding tert-OH is 1. The Kier molecular flexibility index (Phi) is 8.25. The van der Waals surface area contributed by atoms with Gasteiger partial charge in [0, 0.05) is 39.3 Å². The third-order valence-corrected chi connectivity index (χ3v) is 8.44. The lowest BCUT2D eigenvalue weighted by Crippen LogP contribution is -2.56. The van der Waals surface area contributed by atoms with Crippen LogP contribution < -0.4 is 0 Å². The molecule has 5 atom stereocenters. The van der Waals surface area contributed by atoms with Crippen LogP contribution in [0.5, 0.6) is 0 Å². The molecule has 0 radical (unpaired) electrons. The van der Waals surface area contributed by atoms with Crippen molar-refractivity contribution < 1.29 is 24.2 Å². The Labute approximate surface area is 215 Å². The molecule has 1 spiro atoms. The SMILES string of the molecule is CCCCN1CC=C[C@]23O[C@]4(CC)C=CCN(CCC)C(=O)[C@@H]4[C@H]2C(=O)N(CCCCCO)C3C1=O. The highest BCUT2D eigenvalue weighted by Crippen LogP contribution is 2.58. The van der Waals surface area contributed by atoms with Gasteiger partial charge in [-0.2, -0.15) is 0 Å². The minimum Gasteiger partial charge on any atom is -0.396 e. The maximum Gasteiger partial charge on any atom is 0.249 e. The van der Waals surface area contributed by atoms with Crippen LogP contribution in [0.4, 0.5) is 0 Å². The lowest BCUT2D eigenvalue weighted by atomic mass is 9.73. The van der Waals surface area contributed by atoms with Crippen LogP contribution in [-0.2, 0) is 19.1 Å². The number of ether oxygens (including phenoxy) is 1. The molecule has 0 aromatic heterocycles. The summed E-state index contributed by atoms with van der Waals surface area (Å²) in [5.74, 6) is -1.69. The van der Waals surface area contributed by atoms with Gasteiger partial charge in [-0.3, -0.25) is 14.4 Å². The first-order valence-electron chi connectivity index (χ1n) is 13.9. The van der Waals surface area contributed by atoms with E-state index in [9.17, 15) is 19.5 Å². The number of carbonyl (C=O) groups is 3. The van der Waals surface area contributed by atoms with E-state index in [4.69, 9.17) is 4.74 Å². The highest BCUT2D eigenvalue weighted by atomic mass is 16.5. The molecule has 0 saturated carbocycles. The number of fused-ring (bicyclic) bond motifs is 2. The summed E-state index contributed by atoms with van der Waals surface area (Å²) in [6, 6.07) is -0.782. The number of rotatable bonds is 11. The molecule has 8 heteroatoms. The quantitative estimate of drug-likeness (QED) is 0.347. The number of nitrogens with zero attached hydrogens (tertiary/aromatic N) is 3. The van der Waals surface area contributed by atoms with Crippen LogP contribution in [0.15, 0.2) is 24.3 Å². The van der Waals surface area contributed by atoms with E-state index in [1.807, 2.05) is 48.0 Å². The molecule has 200 valence electrons. The molecular weight excluding hydrogens is 458 g/mol. The average molecular weight is 502 g/mol. The summed E-state index contributed by atoms with van der Waals surface area (Å²) in [5.41, 5.74) is -2.08. The zero-order valence-corrected chi connectivity index (χ0v) is 22.2. The number of aliphatic hydroxyl groups is 1. The van der Waals surface area contributed by atoms with E-state index in [-0.39, 0.29) is 24.3 Å². The molecule has 1 unspecified atom stereocenters. The number of hydrogen-bond donors (Lipinski definition) is 1. The van der Waals surface area contributed by atoms with E-state index in [0.29, 0.717) is 52.0 Å². The van der Waals surface area contributed by atoms with Crippen molar-refractivity contribution in [3.63, 3.8) is 0 Å². The summed E-state index contributed by atoms with van der Waals surface area (Å²) >= 11 is 0. The Bertz CT molecular complexity index is 904. The number of amides is 3. The molecule has 1 N–H and O–H groups in total. The third kappa shape index (κ3) is 4.30. The fraction of sp³-hybridized carbons (Fsp3) is 0.750. The Balaban J connectivity index is 1.79. The third-order valence-electron chi connectivity index (χ3n) is 8.44. The number of unbranched alkanes of at least 4 members (excludes halogenated alkanes) is 3. The number of hydrogen-bond acceptors (Lipinski definition) is 5. The van der Waals surface area contributed by atoms with Gasteiger partial charge in [0.15, 0.2) is 0 Å². The molecular formula is C28H43N3O5. The van der Waals surface area contributed by atoms with Crippen LogP contribution in [0.2, 0.25) is 0 Å². The van der Waals surface area contributed by atoms with Crippen molar-refractivity contribution in [3.05, 3.63) is 24.3 Å². The summed E-state index contributed by atoms with van der Waals surface area (Å²) < 4.78 is 6.95. The van der Waals surface area contributed by atoms with E-state index >= 15 is 0 Å². The Morgan fingerprint density at radius 1 is 0.833 bits per heavy atom. The van der Waals surface area contributed by atoms with Gasteiger partial charge < -0.3 is 24.5 Å². The second-order valence-electron chi connectivity index (χ2n) is 10.7. The summed E-state index contributed by atoms with van der Waals surface area (Å²) in [4.78, 5) is 47.7. The van der Waals surface area contributed by atoms with Gasteiger partial charge >= 0.3 is 0 Å². The maximum atomic E-state index is 14.2. The standard InChI is InChI=1S/C28H43N3O5/c1-4-7-16-30-18-12-14-28-22(25(34)31(23(28)26(30)35)19-9-8-10-20-32)21-24(33)29(15-5-2)17-11-13-27(21,6-3)36-28/h11-14,21-23,32H,4-10,15-20H2,1-3H3/t21-,22-,23?,27+,28-/m0/s1. The van der Waals surface area contributed by atoms with Crippen molar-refractivity contribution in [1.82, 2.24) is 14.7 Å². The monoisotopic (exact) mass is 501 g/mol. The van der Waals surface area contributed by atoms with E-state index in [2.05, 4.69) is 6.92 Å². The van der Waals surface area contributed by atoms with Crippen LogP contribution in [0, 0.1) is 11.8 Å². The van der Waals surface area contributed by atoms with Gasteiger partial charge in [-0.1, -0.05) is 51.5 Å². The fourth-order valence-corrected chi connectivity index (χ4v) is 6.69. The second-order valence-corrected chi connectivity index (χ2v) is 10.7. The van der Waals surface area contributed by atoms with E-state index in [1.165, 1.54) is 0 Å². The van der Waals surface area contributed by atoms with Crippen molar-refractivity contribution in [3.8, 4) is 0 Å². The summed E-state index contributed by atoms with van der Waals surface area (Å²) in [7, 11) is 0. The fourth-order valence-electron chi connectivity index (χ4n) is 6.69. The lowest BCUT2D eigenvalue weighted by molar-refractivity contribution is -0.154. The highest BCUT2D eigenvalue weighted by Gasteiger charge is 2.75. The van der Waals surface area contributed by atoms with E-state index in [1.54, 1.807) is 4.90 Å². The Morgan fingerprint density at radius 2 is 1.56 bits per heavy atom. The highest BCUT2D eigenvalue weighted by molar-refractivity contribution is 6.00.